The second-order valence-electron chi connectivity index (χ2n) is 8.64. The number of likely N-dealkylation sites (tertiary alicyclic amines) is 2. The number of rotatable bonds is 6. The molecule has 0 N–H and O–H groups in total. The maximum Gasteiger partial charge on any atom is 0.253 e. The third-order valence-electron chi connectivity index (χ3n) is 5.66. The summed E-state index contributed by atoms with van der Waals surface area (Å²) in [6, 6.07) is 7.54. The normalized spacial score (nSPS) is 20.3. The number of hydrogen-bond acceptors (Lipinski definition) is 3. The first-order chi connectivity index (χ1) is 13.5. The van der Waals surface area contributed by atoms with E-state index in [2.05, 4.69) is 13.8 Å². The molecule has 3 rings (SSSR count). The van der Waals surface area contributed by atoms with Gasteiger partial charge in [-0.1, -0.05) is 19.9 Å². The minimum Gasteiger partial charge on any atom is -0.493 e. The minimum absolute atomic E-state index is 0.105. The van der Waals surface area contributed by atoms with Crippen molar-refractivity contribution in [1.29, 1.82) is 0 Å². The smallest absolute Gasteiger partial charge is 0.253 e. The molecule has 0 aliphatic carbocycles. The Morgan fingerprint density at radius 3 is 2.57 bits per heavy atom. The number of benzene rings is 1. The Morgan fingerprint density at radius 2 is 1.82 bits per heavy atom. The number of carbonyl (C=O) groups is 2. The summed E-state index contributed by atoms with van der Waals surface area (Å²) in [4.78, 5) is 29.0. The van der Waals surface area contributed by atoms with Crippen LogP contribution >= 0.6 is 0 Å². The second-order valence-corrected chi connectivity index (χ2v) is 8.64. The van der Waals surface area contributed by atoms with Gasteiger partial charge in [0.05, 0.1) is 6.61 Å². The van der Waals surface area contributed by atoms with Gasteiger partial charge in [-0.2, -0.15) is 0 Å². The molecule has 1 atom stereocenters. The molecule has 2 fully saturated rings. The zero-order valence-corrected chi connectivity index (χ0v) is 17.4. The molecule has 2 saturated heterocycles. The maximum absolute atomic E-state index is 12.7. The molecule has 1 aromatic rings. The summed E-state index contributed by atoms with van der Waals surface area (Å²) in [7, 11) is 0. The SMILES string of the molecule is CC(C)CC(=O)N1CCC[C@@H](COc2cccc(C(=O)N3CCCCC3)c2)C1. The quantitative estimate of drug-likeness (QED) is 0.743. The van der Waals surface area contributed by atoms with Crippen molar-refractivity contribution < 1.29 is 14.3 Å². The van der Waals surface area contributed by atoms with Crippen LogP contribution in [-0.2, 0) is 4.79 Å². The van der Waals surface area contributed by atoms with Gasteiger partial charge in [0.1, 0.15) is 5.75 Å². The van der Waals surface area contributed by atoms with Gasteiger partial charge in [-0.25, -0.2) is 0 Å². The number of ether oxygens (including phenoxy) is 1. The molecule has 0 unspecified atom stereocenters. The van der Waals surface area contributed by atoms with Gasteiger partial charge in [0.2, 0.25) is 5.91 Å². The predicted octanol–water partition coefficient (Wildman–Crippen LogP) is 3.98. The molecule has 0 spiro atoms. The van der Waals surface area contributed by atoms with E-state index in [0.29, 0.717) is 30.4 Å². The van der Waals surface area contributed by atoms with Gasteiger partial charge in [-0.15, -0.1) is 0 Å². The van der Waals surface area contributed by atoms with E-state index in [4.69, 9.17) is 4.74 Å². The minimum atomic E-state index is 0.105. The van der Waals surface area contributed by atoms with Crippen molar-refractivity contribution in [2.24, 2.45) is 11.8 Å². The zero-order chi connectivity index (χ0) is 19.9. The monoisotopic (exact) mass is 386 g/mol. The van der Waals surface area contributed by atoms with E-state index in [1.807, 2.05) is 34.1 Å². The van der Waals surface area contributed by atoms with Crippen LogP contribution in [0.2, 0.25) is 0 Å². The average molecular weight is 387 g/mol. The molecule has 0 saturated carbocycles. The van der Waals surface area contributed by atoms with E-state index in [9.17, 15) is 9.59 Å². The summed E-state index contributed by atoms with van der Waals surface area (Å²) >= 11 is 0. The molecule has 5 nitrogen and oxygen atoms in total. The summed E-state index contributed by atoms with van der Waals surface area (Å²) in [5.41, 5.74) is 0.705. The fourth-order valence-electron chi connectivity index (χ4n) is 4.12. The van der Waals surface area contributed by atoms with Crippen molar-refractivity contribution in [2.45, 2.75) is 52.4 Å². The second kappa shape index (κ2) is 9.94. The molecule has 0 radical (unpaired) electrons. The Balaban J connectivity index is 1.53. The first-order valence-electron chi connectivity index (χ1n) is 10.8. The Bertz CT molecular complexity index is 668. The molecule has 2 amide bonds. The van der Waals surface area contributed by atoms with E-state index < -0.39 is 0 Å². The molecule has 2 aliphatic rings. The Morgan fingerprint density at radius 1 is 1.07 bits per heavy atom. The zero-order valence-electron chi connectivity index (χ0n) is 17.4. The molecule has 2 heterocycles. The largest absolute Gasteiger partial charge is 0.493 e. The van der Waals surface area contributed by atoms with Crippen LogP contribution in [0.5, 0.6) is 5.75 Å². The highest BCUT2D eigenvalue weighted by Crippen LogP contribution is 2.22. The summed E-state index contributed by atoms with van der Waals surface area (Å²) in [6.07, 6.45) is 6.13. The van der Waals surface area contributed by atoms with Gasteiger partial charge in [0.15, 0.2) is 0 Å². The van der Waals surface area contributed by atoms with E-state index in [1.165, 1.54) is 6.42 Å². The number of carbonyl (C=O) groups excluding carboxylic acids is 2. The first kappa shape index (κ1) is 20.7. The highest BCUT2D eigenvalue weighted by Gasteiger charge is 2.24. The van der Waals surface area contributed by atoms with Gasteiger partial charge in [-0.3, -0.25) is 9.59 Å². The molecule has 2 aliphatic heterocycles. The molecule has 0 bridgehead atoms. The standard InChI is InChI=1S/C23H34N2O3/c1-18(2)14-22(26)25-13-7-8-19(16-25)17-28-21-10-6-9-20(15-21)23(27)24-11-4-3-5-12-24/h6,9-10,15,18-19H,3-5,7-8,11-14,16-17H2,1-2H3/t19-/m1/s1. The van der Waals surface area contributed by atoms with Crippen LogP contribution < -0.4 is 4.74 Å². The predicted molar refractivity (Wildman–Crippen MR) is 110 cm³/mol. The number of nitrogens with zero attached hydrogens (tertiary/aromatic N) is 2. The maximum atomic E-state index is 12.7. The topological polar surface area (TPSA) is 49.9 Å². The fraction of sp³-hybridized carbons (Fsp3) is 0.652. The molecule has 0 aromatic heterocycles. The number of hydrogen-bond donors (Lipinski definition) is 0. The third-order valence-corrected chi connectivity index (χ3v) is 5.66. The van der Waals surface area contributed by atoms with Gasteiger partial charge in [0, 0.05) is 44.1 Å². The molecular formula is C23H34N2O3. The van der Waals surface area contributed by atoms with Gasteiger partial charge < -0.3 is 14.5 Å². The van der Waals surface area contributed by atoms with Crippen molar-refractivity contribution in [1.82, 2.24) is 9.80 Å². The van der Waals surface area contributed by atoms with Crippen LogP contribution in [0.3, 0.4) is 0 Å². The lowest BCUT2D eigenvalue weighted by Gasteiger charge is -2.33. The molecule has 1 aromatic carbocycles. The lowest BCUT2D eigenvalue weighted by molar-refractivity contribution is -0.134. The molecule has 28 heavy (non-hydrogen) atoms. The number of amides is 2. The van der Waals surface area contributed by atoms with Crippen molar-refractivity contribution >= 4 is 11.8 Å². The van der Waals surface area contributed by atoms with Gasteiger partial charge in [0.25, 0.3) is 5.91 Å². The highest BCUT2D eigenvalue weighted by atomic mass is 16.5. The van der Waals surface area contributed by atoms with Crippen LogP contribution in [0, 0.1) is 11.8 Å². The lowest BCUT2D eigenvalue weighted by atomic mass is 9.98. The van der Waals surface area contributed by atoms with Crippen LogP contribution in [0.1, 0.15) is 62.7 Å². The Kier molecular flexibility index (Phi) is 7.35. The molecular weight excluding hydrogens is 352 g/mol. The van der Waals surface area contributed by atoms with Crippen LogP contribution in [-0.4, -0.2) is 54.4 Å². The Labute approximate surface area is 169 Å². The summed E-state index contributed by atoms with van der Waals surface area (Å²) in [6.45, 7) is 8.10. The third kappa shape index (κ3) is 5.73. The van der Waals surface area contributed by atoms with Crippen LogP contribution in [0.4, 0.5) is 0 Å². The van der Waals surface area contributed by atoms with E-state index in [-0.39, 0.29) is 11.8 Å². The molecule has 154 valence electrons. The van der Waals surface area contributed by atoms with Gasteiger partial charge in [-0.05, 0) is 56.2 Å². The lowest BCUT2D eigenvalue weighted by Crippen LogP contribution is -2.41. The molecule has 5 heteroatoms. The van der Waals surface area contributed by atoms with Crippen molar-refractivity contribution in [3.8, 4) is 5.75 Å². The van der Waals surface area contributed by atoms with E-state index in [1.54, 1.807) is 0 Å². The van der Waals surface area contributed by atoms with Crippen molar-refractivity contribution in [3.63, 3.8) is 0 Å². The van der Waals surface area contributed by atoms with Crippen molar-refractivity contribution in [2.75, 3.05) is 32.8 Å². The highest BCUT2D eigenvalue weighted by molar-refractivity contribution is 5.94. The summed E-state index contributed by atoms with van der Waals surface area (Å²) in [5, 5.41) is 0. The van der Waals surface area contributed by atoms with E-state index in [0.717, 1.165) is 57.6 Å². The van der Waals surface area contributed by atoms with Gasteiger partial charge >= 0.3 is 0 Å². The summed E-state index contributed by atoms with van der Waals surface area (Å²) < 4.78 is 6.02. The fourth-order valence-corrected chi connectivity index (χ4v) is 4.12. The van der Waals surface area contributed by atoms with E-state index >= 15 is 0 Å². The van der Waals surface area contributed by atoms with Crippen molar-refractivity contribution in [3.05, 3.63) is 29.8 Å². The first-order valence-corrected chi connectivity index (χ1v) is 10.8. The van der Waals surface area contributed by atoms with Crippen LogP contribution in [0.25, 0.3) is 0 Å². The van der Waals surface area contributed by atoms with Crippen LogP contribution in [0.15, 0.2) is 24.3 Å². The Hall–Kier alpha value is -2.04. The summed E-state index contributed by atoms with van der Waals surface area (Å²) in [5.74, 6) is 1.85. The number of piperidine rings is 2. The average Bonchev–Trinajstić information content (AvgIpc) is 2.72.